The normalized spacial score (nSPS) is 19.6. The highest BCUT2D eigenvalue weighted by molar-refractivity contribution is 5.85. The van der Waals surface area contributed by atoms with Gasteiger partial charge in [0.05, 0.1) is 0 Å². The van der Waals surface area contributed by atoms with E-state index in [0.29, 0.717) is 6.04 Å². The van der Waals surface area contributed by atoms with E-state index in [1.54, 1.807) is 0 Å². The largest absolute Gasteiger partial charge is 0.381 e. The van der Waals surface area contributed by atoms with Crippen LogP contribution in [0.25, 0.3) is 10.8 Å². The van der Waals surface area contributed by atoms with E-state index in [9.17, 15) is 0 Å². The van der Waals surface area contributed by atoms with Gasteiger partial charge in [0.25, 0.3) is 0 Å². The summed E-state index contributed by atoms with van der Waals surface area (Å²) in [5, 5.41) is 6.13. The molecule has 3 nitrogen and oxygen atoms in total. The molecule has 0 amide bonds. The molecule has 1 aliphatic rings. The Morgan fingerprint density at radius 3 is 3.05 bits per heavy atom. The standard InChI is InChI=1S/C16H21N3.ClH/c1-2-19-9-3-4-16(12-19)18-15-6-5-14-11-17-8-7-13(14)10-15;/h5-8,10-11,16,18H,2-4,9,12H2,1H3;1H/t16-;/m1./s1. The van der Waals surface area contributed by atoms with Gasteiger partial charge in [-0.25, -0.2) is 0 Å². The average molecular weight is 292 g/mol. The minimum absolute atomic E-state index is 0. The quantitative estimate of drug-likeness (QED) is 0.937. The van der Waals surface area contributed by atoms with Crippen molar-refractivity contribution in [3.05, 3.63) is 36.7 Å². The lowest BCUT2D eigenvalue weighted by Gasteiger charge is -2.32. The fourth-order valence-electron chi connectivity index (χ4n) is 2.87. The number of rotatable bonds is 3. The predicted molar refractivity (Wildman–Crippen MR) is 87.7 cm³/mol. The van der Waals surface area contributed by atoms with E-state index in [4.69, 9.17) is 0 Å². The molecule has 1 aliphatic heterocycles. The van der Waals surface area contributed by atoms with Gasteiger partial charge in [0.1, 0.15) is 0 Å². The minimum atomic E-state index is 0. The van der Waals surface area contributed by atoms with Crippen molar-refractivity contribution in [2.45, 2.75) is 25.8 Å². The molecule has 0 spiro atoms. The molecule has 0 saturated carbocycles. The number of hydrogen-bond donors (Lipinski definition) is 1. The molecule has 1 saturated heterocycles. The number of halogens is 1. The number of nitrogens with zero attached hydrogens (tertiary/aromatic N) is 2. The Bertz CT molecular complexity index is 558. The number of benzene rings is 1. The van der Waals surface area contributed by atoms with Gasteiger partial charge < -0.3 is 10.2 Å². The summed E-state index contributed by atoms with van der Waals surface area (Å²) in [6.45, 7) is 5.80. The first kappa shape index (κ1) is 15.1. The number of fused-ring (bicyclic) bond motifs is 1. The summed E-state index contributed by atoms with van der Waals surface area (Å²) in [4.78, 5) is 6.67. The number of aromatic nitrogens is 1. The van der Waals surface area contributed by atoms with E-state index < -0.39 is 0 Å². The number of likely N-dealkylation sites (N-methyl/N-ethyl adjacent to an activating group) is 1. The van der Waals surface area contributed by atoms with Gasteiger partial charge in [-0.05, 0) is 49.5 Å². The van der Waals surface area contributed by atoms with Crippen molar-refractivity contribution in [3.63, 3.8) is 0 Å². The molecule has 1 atom stereocenters. The predicted octanol–water partition coefficient (Wildman–Crippen LogP) is 3.55. The summed E-state index contributed by atoms with van der Waals surface area (Å²) in [6, 6.07) is 9.18. The fraction of sp³-hybridized carbons (Fsp3) is 0.438. The monoisotopic (exact) mass is 291 g/mol. The third-order valence-corrected chi connectivity index (χ3v) is 3.96. The zero-order chi connectivity index (χ0) is 13.1. The highest BCUT2D eigenvalue weighted by Crippen LogP contribution is 2.20. The molecule has 1 aromatic carbocycles. The molecule has 1 fully saturated rings. The van der Waals surface area contributed by atoms with Crippen LogP contribution in [0.15, 0.2) is 36.7 Å². The van der Waals surface area contributed by atoms with Crippen molar-refractivity contribution in [2.75, 3.05) is 25.0 Å². The molecule has 2 heterocycles. The maximum Gasteiger partial charge on any atom is 0.0388 e. The topological polar surface area (TPSA) is 28.2 Å². The van der Waals surface area contributed by atoms with Crippen LogP contribution in [0.2, 0.25) is 0 Å². The van der Waals surface area contributed by atoms with Gasteiger partial charge in [-0.3, -0.25) is 4.98 Å². The van der Waals surface area contributed by atoms with Gasteiger partial charge in [-0.1, -0.05) is 13.0 Å². The number of hydrogen-bond acceptors (Lipinski definition) is 3. The maximum atomic E-state index is 4.15. The molecule has 2 aromatic rings. The second-order valence-electron chi connectivity index (χ2n) is 5.31. The average Bonchev–Trinajstić information content (AvgIpc) is 2.47. The molecular formula is C16H22ClN3. The third-order valence-electron chi connectivity index (χ3n) is 3.96. The van der Waals surface area contributed by atoms with E-state index in [2.05, 4.69) is 46.4 Å². The van der Waals surface area contributed by atoms with Gasteiger partial charge in [0.2, 0.25) is 0 Å². The van der Waals surface area contributed by atoms with Crippen molar-refractivity contribution >= 4 is 28.9 Å². The Morgan fingerprint density at radius 2 is 2.20 bits per heavy atom. The van der Waals surface area contributed by atoms with E-state index in [1.165, 1.54) is 35.8 Å². The Kier molecular flexibility index (Phi) is 5.21. The number of anilines is 1. The van der Waals surface area contributed by atoms with Crippen LogP contribution in [0, 0.1) is 0 Å². The molecule has 1 aromatic heterocycles. The summed E-state index contributed by atoms with van der Waals surface area (Å²) in [5.41, 5.74) is 1.22. The molecule has 20 heavy (non-hydrogen) atoms. The highest BCUT2D eigenvalue weighted by Gasteiger charge is 2.18. The second kappa shape index (κ2) is 6.91. The molecule has 0 bridgehead atoms. The summed E-state index contributed by atoms with van der Waals surface area (Å²) in [6.07, 6.45) is 6.33. The first-order valence-electron chi connectivity index (χ1n) is 7.18. The van der Waals surface area contributed by atoms with Crippen molar-refractivity contribution < 1.29 is 0 Å². The molecule has 0 unspecified atom stereocenters. The van der Waals surface area contributed by atoms with Crippen LogP contribution in [-0.2, 0) is 0 Å². The van der Waals surface area contributed by atoms with Crippen molar-refractivity contribution in [1.29, 1.82) is 0 Å². The van der Waals surface area contributed by atoms with Gasteiger partial charge in [-0.2, -0.15) is 0 Å². The first-order chi connectivity index (χ1) is 9.35. The highest BCUT2D eigenvalue weighted by atomic mass is 35.5. The molecule has 1 N–H and O–H groups in total. The summed E-state index contributed by atoms with van der Waals surface area (Å²) in [7, 11) is 0. The van der Waals surface area contributed by atoms with E-state index >= 15 is 0 Å². The second-order valence-corrected chi connectivity index (χ2v) is 5.31. The minimum Gasteiger partial charge on any atom is -0.381 e. The van der Waals surface area contributed by atoms with Gasteiger partial charge in [0, 0.05) is 36.1 Å². The zero-order valence-corrected chi connectivity index (χ0v) is 12.7. The van der Waals surface area contributed by atoms with Crippen LogP contribution in [0.1, 0.15) is 19.8 Å². The summed E-state index contributed by atoms with van der Waals surface area (Å²) >= 11 is 0. The third kappa shape index (κ3) is 3.41. The van der Waals surface area contributed by atoms with Gasteiger partial charge >= 0.3 is 0 Å². The lowest BCUT2D eigenvalue weighted by Crippen LogP contribution is -2.41. The number of pyridine rings is 1. The molecule has 0 radical (unpaired) electrons. The molecule has 0 aliphatic carbocycles. The SMILES string of the molecule is CCN1CCC[C@@H](Nc2ccc3cnccc3c2)C1.Cl. The lowest BCUT2D eigenvalue weighted by molar-refractivity contribution is 0.227. The zero-order valence-electron chi connectivity index (χ0n) is 11.9. The Balaban J connectivity index is 0.00000147. The first-order valence-corrected chi connectivity index (χ1v) is 7.18. The van der Waals surface area contributed by atoms with Crippen LogP contribution in [-0.4, -0.2) is 35.6 Å². The van der Waals surface area contributed by atoms with E-state index in [-0.39, 0.29) is 12.4 Å². The van der Waals surface area contributed by atoms with Crippen LogP contribution >= 0.6 is 12.4 Å². The Labute approximate surface area is 126 Å². The van der Waals surface area contributed by atoms with E-state index in [1.807, 2.05) is 12.4 Å². The van der Waals surface area contributed by atoms with Gasteiger partial charge in [-0.15, -0.1) is 12.4 Å². The molecule has 3 rings (SSSR count). The van der Waals surface area contributed by atoms with Crippen molar-refractivity contribution in [3.8, 4) is 0 Å². The molecule has 4 heteroatoms. The number of piperidine rings is 1. The molecular weight excluding hydrogens is 270 g/mol. The van der Waals surface area contributed by atoms with E-state index in [0.717, 1.165) is 13.1 Å². The van der Waals surface area contributed by atoms with Crippen LogP contribution in [0.3, 0.4) is 0 Å². The van der Waals surface area contributed by atoms with Crippen molar-refractivity contribution in [2.24, 2.45) is 0 Å². The number of likely N-dealkylation sites (tertiary alicyclic amines) is 1. The smallest absolute Gasteiger partial charge is 0.0388 e. The molecule has 108 valence electrons. The summed E-state index contributed by atoms with van der Waals surface area (Å²) in [5.74, 6) is 0. The van der Waals surface area contributed by atoms with Crippen LogP contribution < -0.4 is 5.32 Å². The maximum absolute atomic E-state index is 4.15. The van der Waals surface area contributed by atoms with Gasteiger partial charge in [0.15, 0.2) is 0 Å². The van der Waals surface area contributed by atoms with Crippen LogP contribution in [0.5, 0.6) is 0 Å². The number of nitrogens with one attached hydrogen (secondary N) is 1. The van der Waals surface area contributed by atoms with Crippen LogP contribution in [0.4, 0.5) is 5.69 Å². The fourth-order valence-corrected chi connectivity index (χ4v) is 2.87. The van der Waals surface area contributed by atoms with Crippen molar-refractivity contribution in [1.82, 2.24) is 9.88 Å². The Morgan fingerprint density at radius 1 is 1.30 bits per heavy atom. The summed E-state index contributed by atoms with van der Waals surface area (Å²) < 4.78 is 0. The Hall–Kier alpha value is -1.32. The lowest BCUT2D eigenvalue weighted by atomic mass is 10.0.